The number of hydrogen-bond acceptors (Lipinski definition) is 5. The summed E-state index contributed by atoms with van der Waals surface area (Å²) >= 11 is 0. The Kier molecular flexibility index (Phi) is 5.50. The van der Waals surface area contributed by atoms with Crippen molar-refractivity contribution in [1.29, 1.82) is 0 Å². The van der Waals surface area contributed by atoms with Crippen LogP contribution in [0.5, 0.6) is 11.6 Å². The Labute approximate surface area is 147 Å². The summed E-state index contributed by atoms with van der Waals surface area (Å²) in [6, 6.07) is 10.8. The van der Waals surface area contributed by atoms with E-state index in [4.69, 9.17) is 4.74 Å². The van der Waals surface area contributed by atoms with Gasteiger partial charge in [0.15, 0.2) is 5.65 Å². The Bertz CT molecular complexity index is 827. The molecule has 0 spiro atoms. The van der Waals surface area contributed by atoms with Crippen molar-refractivity contribution in [3.63, 3.8) is 0 Å². The number of nitrogens with zero attached hydrogens (tertiary/aromatic N) is 4. The van der Waals surface area contributed by atoms with Crippen LogP contribution < -0.4 is 4.74 Å². The average Bonchev–Trinajstić information content (AvgIpc) is 3.05. The first kappa shape index (κ1) is 17.2. The average molecular weight is 340 g/mol. The molecule has 3 rings (SSSR count). The van der Waals surface area contributed by atoms with E-state index in [1.165, 1.54) is 0 Å². The van der Waals surface area contributed by atoms with E-state index in [0.717, 1.165) is 43.0 Å². The van der Waals surface area contributed by atoms with Crippen LogP contribution >= 0.6 is 0 Å². The summed E-state index contributed by atoms with van der Waals surface area (Å²) in [4.78, 5) is 6.74. The lowest BCUT2D eigenvalue weighted by Crippen LogP contribution is -2.25. The number of phenols is 1. The van der Waals surface area contributed by atoms with Crippen molar-refractivity contribution in [3.8, 4) is 22.9 Å². The Hall–Kier alpha value is -2.60. The molecule has 0 radical (unpaired) electrons. The minimum atomic E-state index is 0.219. The predicted octanol–water partition coefficient (Wildman–Crippen LogP) is 3.21. The number of phenolic OH excluding ortho intramolecular Hbond substituents is 1. The fourth-order valence-electron chi connectivity index (χ4n) is 2.80. The van der Waals surface area contributed by atoms with Gasteiger partial charge in [-0.05, 0) is 37.7 Å². The highest BCUT2D eigenvalue weighted by molar-refractivity contribution is 5.64. The van der Waals surface area contributed by atoms with Crippen LogP contribution in [0, 0.1) is 0 Å². The zero-order valence-corrected chi connectivity index (χ0v) is 14.7. The monoisotopic (exact) mass is 340 g/mol. The molecule has 1 aromatic carbocycles. The largest absolute Gasteiger partial charge is 0.508 e. The molecule has 0 aliphatic heterocycles. The maximum Gasteiger partial charge on any atom is 0.231 e. The normalized spacial score (nSPS) is 11.3. The van der Waals surface area contributed by atoms with Crippen molar-refractivity contribution in [3.05, 3.63) is 42.6 Å². The molecule has 3 aromatic rings. The summed E-state index contributed by atoms with van der Waals surface area (Å²) in [6.07, 6.45) is 2.71. The van der Waals surface area contributed by atoms with E-state index >= 15 is 0 Å². The van der Waals surface area contributed by atoms with Gasteiger partial charge >= 0.3 is 0 Å². The molecular formula is C19H24N4O2. The molecule has 0 unspecified atom stereocenters. The third-order valence-corrected chi connectivity index (χ3v) is 4.24. The van der Waals surface area contributed by atoms with E-state index in [9.17, 15) is 5.11 Å². The first-order chi connectivity index (χ1) is 12.2. The van der Waals surface area contributed by atoms with Gasteiger partial charge in [-0.15, -0.1) is 5.10 Å². The smallest absolute Gasteiger partial charge is 0.231 e. The van der Waals surface area contributed by atoms with Crippen LogP contribution in [0.3, 0.4) is 0 Å². The Morgan fingerprint density at radius 3 is 2.76 bits per heavy atom. The minimum Gasteiger partial charge on any atom is -0.508 e. The maximum absolute atomic E-state index is 9.69. The van der Waals surface area contributed by atoms with Gasteiger partial charge in [0.25, 0.3) is 0 Å². The molecule has 0 amide bonds. The van der Waals surface area contributed by atoms with Crippen LogP contribution in [0.25, 0.3) is 16.9 Å². The number of imidazole rings is 1. The maximum atomic E-state index is 9.69. The SMILES string of the molecule is CCN(CC)CCCOc1ccc2ncc(-c3cccc(O)c3)n2n1. The number of rotatable bonds is 8. The minimum absolute atomic E-state index is 0.219. The number of hydrogen-bond donors (Lipinski definition) is 1. The van der Waals surface area contributed by atoms with Crippen LogP contribution in [-0.2, 0) is 0 Å². The lowest BCUT2D eigenvalue weighted by atomic mass is 10.1. The molecule has 0 bridgehead atoms. The zero-order chi connectivity index (χ0) is 17.6. The molecule has 6 heteroatoms. The molecule has 2 aromatic heterocycles. The lowest BCUT2D eigenvalue weighted by molar-refractivity contribution is 0.242. The molecule has 2 heterocycles. The van der Waals surface area contributed by atoms with Crippen molar-refractivity contribution in [2.75, 3.05) is 26.2 Å². The number of aromatic hydroxyl groups is 1. The molecule has 0 saturated heterocycles. The second-order valence-corrected chi connectivity index (χ2v) is 5.86. The van der Waals surface area contributed by atoms with Gasteiger partial charge in [0.05, 0.1) is 18.5 Å². The van der Waals surface area contributed by atoms with Gasteiger partial charge in [-0.1, -0.05) is 26.0 Å². The van der Waals surface area contributed by atoms with Gasteiger partial charge < -0.3 is 14.7 Å². The van der Waals surface area contributed by atoms with E-state index in [2.05, 4.69) is 28.8 Å². The van der Waals surface area contributed by atoms with Gasteiger partial charge in [-0.3, -0.25) is 0 Å². The third-order valence-electron chi connectivity index (χ3n) is 4.24. The fourth-order valence-corrected chi connectivity index (χ4v) is 2.80. The van der Waals surface area contributed by atoms with Crippen molar-refractivity contribution in [2.45, 2.75) is 20.3 Å². The van der Waals surface area contributed by atoms with E-state index in [-0.39, 0.29) is 5.75 Å². The quantitative estimate of drug-likeness (QED) is 0.638. The van der Waals surface area contributed by atoms with Crippen LogP contribution in [0.2, 0.25) is 0 Å². The molecule has 6 nitrogen and oxygen atoms in total. The summed E-state index contributed by atoms with van der Waals surface area (Å²) in [5.74, 6) is 0.794. The molecule has 0 saturated carbocycles. The van der Waals surface area contributed by atoms with Crippen LogP contribution in [0.4, 0.5) is 0 Å². The van der Waals surface area contributed by atoms with Gasteiger partial charge in [0.2, 0.25) is 5.88 Å². The van der Waals surface area contributed by atoms with Gasteiger partial charge in [-0.2, -0.15) is 0 Å². The molecule has 132 valence electrons. The second kappa shape index (κ2) is 7.98. The van der Waals surface area contributed by atoms with Gasteiger partial charge in [-0.25, -0.2) is 9.50 Å². The van der Waals surface area contributed by atoms with Gasteiger partial charge in [0.1, 0.15) is 5.75 Å². The molecular weight excluding hydrogens is 316 g/mol. The van der Waals surface area contributed by atoms with Crippen molar-refractivity contribution < 1.29 is 9.84 Å². The van der Waals surface area contributed by atoms with Crippen molar-refractivity contribution >= 4 is 5.65 Å². The Balaban J connectivity index is 1.72. The molecule has 0 fully saturated rings. The summed E-state index contributed by atoms with van der Waals surface area (Å²) in [5.41, 5.74) is 2.42. The number of benzene rings is 1. The summed E-state index contributed by atoms with van der Waals surface area (Å²) in [5, 5.41) is 14.2. The summed E-state index contributed by atoms with van der Waals surface area (Å²) in [7, 11) is 0. The predicted molar refractivity (Wildman–Crippen MR) is 98.0 cm³/mol. The summed E-state index contributed by atoms with van der Waals surface area (Å²) < 4.78 is 7.55. The number of fused-ring (bicyclic) bond motifs is 1. The van der Waals surface area contributed by atoms with Crippen molar-refractivity contribution in [2.24, 2.45) is 0 Å². The molecule has 25 heavy (non-hydrogen) atoms. The lowest BCUT2D eigenvalue weighted by Gasteiger charge is -2.17. The van der Waals surface area contributed by atoms with E-state index in [1.54, 1.807) is 28.9 Å². The van der Waals surface area contributed by atoms with Gasteiger partial charge in [0, 0.05) is 18.2 Å². The molecule has 0 atom stereocenters. The Morgan fingerprint density at radius 1 is 1.16 bits per heavy atom. The second-order valence-electron chi connectivity index (χ2n) is 5.86. The van der Waals surface area contributed by atoms with Crippen molar-refractivity contribution in [1.82, 2.24) is 19.5 Å². The summed E-state index contributed by atoms with van der Waals surface area (Å²) in [6.45, 7) is 8.11. The fraction of sp³-hybridized carbons (Fsp3) is 0.368. The highest BCUT2D eigenvalue weighted by Crippen LogP contribution is 2.24. The number of ether oxygens (including phenoxy) is 1. The molecule has 0 aliphatic carbocycles. The number of aromatic nitrogens is 3. The van der Waals surface area contributed by atoms with E-state index in [0.29, 0.717) is 12.5 Å². The highest BCUT2D eigenvalue weighted by atomic mass is 16.5. The highest BCUT2D eigenvalue weighted by Gasteiger charge is 2.09. The van der Waals surface area contributed by atoms with E-state index < -0.39 is 0 Å². The van der Waals surface area contributed by atoms with Crippen LogP contribution in [-0.4, -0.2) is 50.8 Å². The zero-order valence-electron chi connectivity index (χ0n) is 14.7. The topological polar surface area (TPSA) is 62.9 Å². The first-order valence-corrected chi connectivity index (χ1v) is 8.70. The van der Waals surface area contributed by atoms with Crippen LogP contribution in [0.1, 0.15) is 20.3 Å². The van der Waals surface area contributed by atoms with E-state index in [1.807, 2.05) is 18.2 Å². The molecule has 0 aliphatic rings. The Morgan fingerprint density at radius 2 is 2.00 bits per heavy atom. The molecule has 1 N–H and O–H groups in total. The third kappa shape index (κ3) is 4.09. The first-order valence-electron chi connectivity index (χ1n) is 8.70. The standard InChI is InChI=1S/C19H24N4O2/c1-3-22(4-2)11-6-12-25-19-10-9-18-20-14-17(23(18)21-19)15-7-5-8-16(24)13-15/h5,7-10,13-14,24H,3-4,6,11-12H2,1-2H3. The van der Waals surface area contributed by atoms with Crippen LogP contribution in [0.15, 0.2) is 42.6 Å².